The van der Waals surface area contributed by atoms with Gasteiger partial charge in [-0.2, -0.15) is 0 Å². The third kappa shape index (κ3) is 3.03. The number of rotatable bonds is 5. The van der Waals surface area contributed by atoms with E-state index in [0.717, 1.165) is 48.1 Å². The lowest BCUT2D eigenvalue weighted by Gasteiger charge is -2.08. The first-order chi connectivity index (χ1) is 10.3. The molecular formula is C16H21N3O2. The molecule has 0 spiro atoms. The summed E-state index contributed by atoms with van der Waals surface area (Å²) < 4.78 is 10.6. The number of nitrogens with one attached hydrogen (secondary N) is 2. The lowest BCUT2D eigenvalue weighted by Crippen LogP contribution is -2.11. The summed E-state index contributed by atoms with van der Waals surface area (Å²) in [6, 6.07) is 5.89. The van der Waals surface area contributed by atoms with E-state index in [-0.39, 0.29) is 0 Å². The highest BCUT2D eigenvalue weighted by Crippen LogP contribution is 2.31. The second-order valence-corrected chi connectivity index (χ2v) is 5.38. The average Bonchev–Trinajstić information content (AvgIpc) is 3.19. The largest absolute Gasteiger partial charge is 0.493 e. The molecule has 1 aliphatic rings. The number of nitrogens with zero attached hydrogens (tertiary/aromatic N) is 1. The molecule has 2 heterocycles. The number of ether oxygens (including phenoxy) is 2. The van der Waals surface area contributed by atoms with Crippen LogP contribution in [0.15, 0.2) is 24.4 Å². The van der Waals surface area contributed by atoms with Crippen LogP contribution >= 0.6 is 0 Å². The monoisotopic (exact) mass is 287 g/mol. The van der Waals surface area contributed by atoms with Gasteiger partial charge in [-0.3, -0.25) is 0 Å². The molecule has 1 aromatic carbocycles. The Morgan fingerprint density at radius 2 is 2.10 bits per heavy atom. The zero-order valence-electron chi connectivity index (χ0n) is 12.5. The third-order valence-electron chi connectivity index (χ3n) is 3.97. The molecule has 1 aliphatic heterocycles. The maximum atomic E-state index is 5.35. The Morgan fingerprint density at radius 1 is 1.24 bits per heavy atom. The summed E-state index contributed by atoms with van der Waals surface area (Å²) in [5, 5.41) is 3.39. The summed E-state index contributed by atoms with van der Waals surface area (Å²) in [7, 11) is 3.29. The summed E-state index contributed by atoms with van der Waals surface area (Å²) in [5.41, 5.74) is 2.06. The number of H-pyrrole nitrogens is 1. The van der Waals surface area contributed by atoms with Gasteiger partial charge in [-0.05, 0) is 43.6 Å². The normalized spacial score (nSPS) is 17.9. The average molecular weight is 287 g/mol. The van der Waals surface area contributed by atoms with Gasteiger partial charge in [0.25, 0.3) is 0 Å². The van der Waals surface area contributed by atoms with E-state index in [4.69, 9.17) is 9.47 Å². The van der Waals surface area contributed by atoms with Gasteiger partial charge in [0.2, 0.25) is 0 Å². The number of imidazole rings is 1. The van der Waals surface area contributed by atoms with E-state index in [1.165, 1.54) is 6.42 Å². The molecule has 0 radical (unpaired) electrons. The van der Waals surface area contributed by atoms with E-state index in [1.807, 2.05) is 24.4 Å². The first-order valence-electron chi connectivity index (χ1n) is 7.27. The maximum absolute atomic E-state index is 5.35. The van der Waals surface area contributed by atoms with Crippen molar-refractivity contribution in [3.63, 3.8) is 0 Å². The topological polar surface area (TPSA) is 59.2 Å². The van der Waals surface area contributed by atoms with Gasteiger partial charge in [0.15, 0.2) is 11.5 Å². The van der Waals surface area contributed by atoms with Crippen molar-refractivity contribution in [1.29, 1.82) is 0 Å². The predicted molar refractivity (Wildman–Crippen MR) is 81.8 cm³/mol. The number of methoxy groups -OCH3 is 2. The molecule has 0 amide bonds. The molecule has 5 heteroatoms. The Balaban J connectivity index is 1.78. The first-order valence-corrected chi connectivity index (χ1v) is 7.27. The Labute approximate surface area is 124 Å². The van der Waals surface area contributed by atoms with Crippen molar-refractivity contribution in [2.75, 3.05) is 27.3 Å². The van der Waals surface area contributed by atoms with Crippen LogP contribution in [0, 0.1) is 5.92 Å². The van der Waals surface area contributed by atoms with Crippen LogP contribution < -0.4 is 14.8 Å². The van der Waals surface area contributed by atoms with Crippen molar-refractivity contribution in [2.45, 2.75) is 12.8 Å². The van der Waals surface area contributed by atoms with Gasteiger partial charge < -0.3 is 19.8 Å². The second-order valence-electron chi connectivity index (χ2n) is 5.38. The molecule has 1 fully saturated rings. The third-order valence-corrected chi connectivity index (χ3v) is 3.97. The van der Waals surface area contributed by atoms with Crippen molar-refractivity contribution in [3.05, 3.63) is 30.2 Å². The molecule has 1 unspecified atom stereocenters. The molecular weight excluding hydrogens is 266 g/mol. The number of aromatic nitrogens is 2. The number of aromatic amines is 1. The molecule has 2 aromatic rings. The molecule has 0 saturated carbocycles. The summed E-state index contributed by atoms with van der Waals surface area (Å²) >= 11 is 0. The maximum Gasteiger partial charge on any atom is 0.161 e. The highest BCUT2D eigenvalue weighted by atomic mass is 16.5. The van der Waals surface area contributed by atoms with Crippen LogP contribution in [0.2, 0.25) is 0 Å². The van der Waals surface area contributed by atoms with E-state index in [0.29, 0.717) is 5.92 Å². The zero-order valence-corrected chi connectivity index (χ0v) is 12.5. The number of hydrogen-bond donors (Lipinski definition) is 2. The van der Waals surface area contributed by atoms with Crippen LogP contribution in [0.25, 0.3) is 11.3 Å². The van der Waals surface area contributed by atoms with Crippen LogP contribution in [0.4, 0.5) is 0 Å². The predicted octanol–water partition coefficient (Wildman–Crippen LogP) is 2.25. The van der Waals surface area contributed by atoms with Gasteiger partial charge in [0.05, 0.1) is 26.1 Å². The molecule has 1 aromatic heterocycles. The van der Waals surface area contributed by atoms with Crippen LogP contribution in [0.5, 0.6) is 11.5 Å². The molecule has 2 N–H and O–H groups in total. The second kappa shape index (κ2) is 6.18. The smallest absolute Gasteiger partial charge is 0.161 e. The van der Waals surface area contributed by atoms with Crippen LogP contribution in [-0.2, 0) is 6.42 Å². The van der Waals surface area contributed by atoms with Gasteiger partial charge in [-0.25, -0.2) is 4.98 Å². The summed E-state index contributed by atoms with van der Waals surface area (Å²) in [6.45, 7) is 2.21. The molecule has 0 aliphatic carbocycles. The molecule has 112 valence electrons. The quantitative estimate of drug-likeness (QED) is 0.885. The van der Waals surface area contributed by atoms with Crippen molar-refractivity contribution >= 4 is 0 Å². The molecule has 21 heavy (non-hydrogen) atoms. The van der Waals surface area contributed by atoms with Crippen molar-refractivity contribution in [2.24, 2.45) is 5.92 Å². The van der Waals surface area contributed by atoms with Gasteiger partial charge >= 0.3 is 0 Å². The lowest BCUT2D eigenvalue weighted by molar-refractivity contribution is 0.355. The van der Waals surface area contributed by atoms with Crippen molar-refractivity contribution in [3.8, 4) is 22.8 Å². The van der Waals surface area contributed by atoms with Crippen LogP contribution in [-0.4, -0.2) is 37.3 Å². The van der Waals surface area contributed by atoms with Gasteiger partial charge in [0.1, 0.15) is 5.82 Å². The zero-order chi connectivity index (χ0) is 14.7. The SMILES string of the molecule is COc1ccc(-c2cnc(CC3CCNC3)[nH]2)cc1OC. The van der Waals surface area contributed by atoms with E-state index in [9.17, 15) is 0 Å². The molecule has 0 bridgehead atoms. The summed E-state index contributed by atoms with van der Waals surface area (Å²) in [4.78, 5) is 7.91. The van der Waals surface area contributed by atoms with Crippen LogP contribution in [0.1, 0.15) is 12.2 Å². The van der Waals surface area contributed by atoms with E-state index < -0.39 is 0 Å². The van der Waals surface area contributed by atoms with E-state index in [2.05, 4.69) is 15.3 Å². The Bertz CT molecular complexity index is 603. The minimum absolute atomic E-state index is 0.689. The molecule has 3 rings (SSSR count). The number of benzene rings is 1. The fraction of sp³-hybridized carbons (Fsp3) is 0.438. The molecule has 1 saturated heterocycles. The lowest BCUT2D eigenvalue weighted by atomic mass is 10.1. The minimum atomic E-state index is 0.689. The number of hydrogen-bond acceptors (Lipinski definition) is 4. The van der Waals surface area contributed by atoms with Gasteiger partial charge in [0, 0.05) is 12.0 Å². The Kier molecular flexibility index (Phi) is 4.10. The fourth-order valence-electron chi connectivity index (χ4n) is 2.78. The highest BCUT2D eigenvalue weighted by Gasteiger charge is 2.16. The minimum Gasteiger partial charge on any atom is -0.493 e. The molecule has 1 atom stereocenters. The summed E-state index contributed by atoms with van der Waals surface area (Å²) in [5.74, 6) is 3.20. The Hall–Kier alpha value is -2.01. The van der Waals surface area contributed by atoms with Crippen LogP contribution in [0.3, 0.4) is 0 Å². The standard InChI is InChI=1S/C16H21N3O2/c1-20-14-4-3-12(8-15(14)21-2)13-10-18-16(19-13)7-11-5-6-17-9-11/h3-4,8,10-11,17H,5-7,9H2,1-2H3,(H,18,19). The highest BCUT2D eigenvalue weighted by molar-refractivity contribution is 5.63. The van der Waals surface area contributed by atoms with Crippen molar-refractivity contribution in [1.82, 2.24) is 15.3 Å². The Morgan fingerprint density at radius 3 is 2.81 bits per heavy atom. The summed E-state index contributed by atoms with van der Waals surface area (Å²) in [6.07, 6.45) is 4.12. The van der Waals surface area contributed by atoms with Crippen molar-refractivity contribution < 1.29 is 9.47 Å². The van der Waals surface area contributed by atoms with Gasteiger partial charge in [-0.1, -0.05) is 0 Å². The van der Waals surface area contributed by atoms with E-state index in [1.54, 1.807) is 14.2 Å². The van der Waals surface area contributed by atoms with Gasteiger partial charge in [-0.15, -0.1) is 0 Å². The molecule has 5 nitrogen and oxygen atoms in total. The first kappa shape index (κ1) is 13.9. The fourth-order valence-corrected chi connectivity index (χ4v) is 2.78. The van der Waals surface area contributed by atoms with E-state index >= 15 is 0 Å².